The number of morpholine rings is 1. The minimum Gasteiger partial charge on any atom is -0.493 e. The van der Waals surface area contributed by atoms with E-state index in [1.165, 1.54) is 11.8 Å². The zero-order chi connectivity index (χ0) is 24.0. The quantitative estimate of drug-likeness (QED) is 0.297. The summed E-state index contributed by atoms with van der Waals surface area (Å²) in [6.45, 7) is 5.88. The number of methoxy groups -OCH3 is 2. The Morgan fingerprint density at radius 3 is 2.55 bits per heavy atom. The third-order valence-electron chi connectivity index (χ3n) is 5.33. The molecule has 1 amide bonds. The third-order valence-corrected chi connectivity index (χ3v) is 6.36. The number of thioether (sulfide) groups is 1. The van der Waals surface area contributed by atoms with Crippen LogP contribution in [-0.4, -0.2) is 79.6 Å². The number of aromatic nitrogens is 2. The number of benzene rings is 1. The Labute approximate surface area is 204 Å². The van der Waals surface area contributed by atoms with Gasteiger partial charge in [-0.3, -0.25) is 4.79 Å². The molecule has 180 valence electrons. The van der Waals surface area contributed by atoms with Crippen LogP contribution < -0.4 is 14.4 Å². The first-order valence-electron chi connectivity index (χ1n) is 10.8. The maximum Gasteiger partial charge on any atom is 0.233 e. The van der Waals surface area contributed by atoms with E-state index in [9.17, 15) is 4.79 Å². The maximum absolute atomic E-state index is 12.7. The number of ether oxygens (including phenoxy) is 3. The van der Waals surface area contributed by atoms with Crippen molar-refractivity contribution in [3.63, 3.8) is 0 Å². The van der Waals surface area contributed by atoms with E-state index in [0.717, 1.165) is 18.5 Å². The van der Waals surface area contributed by atoms with Gasteiger partial charge in [-0.25, -0.2) is 9.97 Å². The molecule has 0 N–H and O–H groups in total. The standard InChI is InChI=1S/C23H31ClN4O4S/c1-15-12-28(13-16(2)32-15)22(29)14-33-23-25-20(24)11-21(26-23)27(3)9-8-17-6-7-18(30-4)19(10-17)31-5/h6-7,10-11,15-16H,8-9,12-14H2,1-5H3. The lowest BCUT2D eigenvalue weighted by atomic mass is 10.1. The zero-order valence-corrected chi connectivity index (χ0v) is 21.3. The average molecular weight is 495 g/mol. The van der Waals surface area contributed by atoms with Crippen molar-refractivity contribution in [1.82, 2.24) is 14.9 Å². The number of hydrogen-bond donors (Lipinski definition) is 0. The van der Waals surface area contributed by atoms with Crippen LogP contribution in [-0.2, 0) is 16.0 Å². The molecule has 0 radical (unpaired) electrons. The highest BCUT2D eigenvalue weighted by Crippen LogP contribution is 2.28. The molecule has 2 aromatic rings. The van der Waals surface area contributed by atoms with E-state index in [0.29, 0.717) is 40.7 Å². The number of carbonyl (C=O) groups is 1. The molecule has 2 unspecified atom stereocenters. The summed E-state index contributed by atoms with van der Waals surface area (Å²) in [5, 5.41) is 0.833. The van der Waals surface area contributed by atoms with Crippen molar-refractivity contribution >= 4 is 35.1 Å². The van der Waals surface area contributed by atoms with Gasteiger partial charge in [-0.05, 0) is 38.0 Å². The first-order chi connectivity index (χ1) is 15.8. The summed E-state index contributed by atoms with van der Waals surface area (Å²) < 4.78 is 16.4. The molecule has 0 saturated carbocycles. The van der Waals surface area contributed by atoms with E-state index >= 15 is 0 Å². The Morgan fingerprint density at radius 1 is 1.18 bits per heavy atom. The molecule has 1 fully saturated rings. The molecule has 1 aliphatic heterocycles. The molecule has 1 saturated heterocycles. The number of halogens is 1. The van der Waals surface area contributed by atoms with Crippen LogP contribution in [0.4, 0.5) is 5.82 Å². The molecule has 1 aliphatic rings. The summed E-state index contributed by atoms with van der Waals surface area (Å²) in [7, 11) is 5.20. The number of carbonyl (C=O) groups excluding carboxylic acids is 1. The van der Waals surface area contributed by atoms with Gasteiger partial charge in [0.2, 0.25) is 5.91 Å². The van der Waals surface area contributed by atoms with E-state index in [4.69, 9.17) is 25.8 Å². The van der Waals surface area contributed by atoms with Gasteiger partial charge in [0.25, 0.3) is 0 Å². The number of likely N-dealkylation sites (N-methyl/N-ethyl adjacent to an activating group) is 1. The van der Waals surface area contributed by atoms with Crippen molar-refractivity contribution in [3.05, 3.63) is 35.0 Å². The largest absolute Gasteiger partial charge is 0.493 e. The van der Waals surface area contributed by atoms with Gasteiger partial charge >= 0.3 is 0 Å². The predicted octanol–water partition coefficient (Wildman–Crippen LogP) is 3.55. The van der Waals surface area contributed by atoms with Gasteiger partial charge in [-0.1, -0.05) is 29.4 Å². The molecule has 1 aromatic carbocycles. The van der Waals surface area contributed by atoms with Crippen LogP contribution in [0.25, 0.3) is 0 Å². The molecule has 2 heterocycles. The lowest BCUT2D eigenvalue weighted by Gasteiger charge is -2.35. The number of amides is 1. The first kappa shape index (κ1) is 25.4. The van der Waals surface area contributed by atoms with Gasteiger partial charge in [0, 0.05) is 32.7 Å². The smallest absolute Gasteiger partial charge is 0.233 e. The maximum atomic E-state index is 12.7. The molecule has 2 atom stereocenters. The molecule has 33 heavy (non-hydrogen) atoms. The fraction of sp³-hybridized carbons (Fsp3) is 0.522. The van der Waals surface area contributed by atoms with E-state index in [1.54, 1.807) is 20.3 Å². The second kappa shape index (κ2) is 11.8. The fourth-order valence-electron chi connectivity index (χ4n) is 3.69. The van der Waals surface area contributed by atoms with Crippen molar-refractivity contribution < 1.29 is 19.0 Å². The Kier molecular flexibility index (Phi) is 9.05. The van der Waals surface area contributed by atoms with Gasteiger partial charge < -0.3 is 24.0 Å². The van der Waals surface area contributed by atoms with Crippen LogP contribution in [0.1, 0.15) is 19.4 Å². The highest BCUT2D eigenvalue weighted by Gasteiger charge is 2.26. The predicted molar refractivity (Wildman–Crippen MR) is 131 cm³/mol. The van der Waals surface area contributed by atoms with E-state index in [-0.39, 0.29) is 23.9 Å². The van der Waals surface area contributed by atoms with Gasteiger partial charge in [-0.2, -0.15) is 0 Å². The molecular weight excluding hydrogens is 464 g/mol. The molecule has 0 spiro atoms. The summed E-state index contributed by atoms with van der Waals surface area (Å²) in [6.07, 6.45) is 0.861. The summed E-state index contributed by atoms with van der Waals surface area (Å²) in [6, 6.07) is 7.62. The number of rotatable bonds is 9. The Bertz CT molecular complexity index is 954. The van der Waals surface area contributed by atoms with Crippen molar-refractivity contribution in [2.75, 3.05) is 51.6 Å². The minimum absolute atomic E-state index is 0.0380. The molecule has 0 aliphatic carbocycles. The SMILES string of the molecule is COc1ccc(CCN(C)c2cc(Cl)nc(SCC(=O)N3CC(C)OC(C)C3)n2)cc1OC. The number of nitrogens with zero attached hydrogens (tertiary/aromatic N) is 4. The highest BCUT2D eigenvalue weighted by molar-refractivity contribution is 7.99. The van der Waals surface area contributed by atoms with Crippen molar-refractivity contribution in [1.29, 1.82) is 0 Å². The summed E-state index contributed by atoms with van der Waals surface area (Å²) >= 11 is 7.55. The number of anilines is 1. The van der Waals surface area contributed by atoms with Gasteiger partial charge in [0.05, 0.1) is 32.2 Å². The Morgan fingerprint density at radius 2 is 1.88 bits per heavy atom. The van der Waals surface area contributed by atoms with E-state index in [2.05, 4.69) is 9.97 Å². The van der Waals surface area contributed by atoms with Crippen LogP contribution in [0.3, 0.4) is 0 Å². The second-order valence-corrected chi connectivity index (χ2v) is 9.37. The van der Waals surface area contributed by atoms with Crippen molar-refractivity contribution in [2.45, 2.75) is 37.6 Å². The summed E-state index contributed by atoms with van der Waals surface area (Å²) in [5.41, 5.74) is 1.12. The molecule has 10 heteroatoms. The lowest BCUT2D eigenvalue weighted by Crippen LogP contribution is -2.48. The van der Waals surface area contributed by atoms with Gasteiger partial charge in [0.15, 0.2) is 16.7 Å². The second-order valence-electron chi connectivity index (χ2n) is 8.04. The third kappa shape index (κ3) is 7.12. The van der Waals surface area contributed by atoms with Crippen LogP contribution in [0.2, 0.25) is 5.15 Å². The highest BCUT2D eigenvalue weighted by atomic mass is 35.5. The van der Waals surface area contributed by atoms with Gasteiger partial charge in [-0.15, -0.1) is 0 Å². The van der Waals surface area contributed by atoms with Crippen LogP contribution in [0.15, 0.2) is 29.4 Å². The monoisotopic (exact) mass is 494 g/mol. The van der Waals surface area contributed by atoms with Crippen molar-refractivity contribution in [2.24, 2.45) is 0 Å². The molecule has 3 rings (SSSR count). The normalized spacial score (nSPS) is 18.2. The molecule has 1 aromatic heterocycles. The summed E-state index contributed by atoms with van der Waals surface area (Å²) in [4.78, 5) is 25.4. The lowest BCUT2D eigenvalue weighted by molar-refractivity contribution is -0.140. The number of hydrogen-bond acceptors (Lipinski definition) is 8. The van der Waals surface area contributed by atoms with E-state index < -0.39 is 0 Å². The fourth-order valence-corrected chi connectivity index (χ4v) is 4.68. The van der Waals surface area contributed by atoms with Gasteiger partial charge in [0.1, 0.15) is 11.0 Å². The van der Waals surface area contributed by atoms with E-state index in [1.807, 2.05) is 48.9 Å². The van der Waals surface area contributed by atoms with Crippen molar-refractivity contribution in [3.8, 4) is 11.5 Å². The van der Waals surface area contributed by atoms with Crippen LogP contribution >= 0.6 is 23.4 Å². The summed E-state index contributed by atoms with van der Waals surface area (Å²) in [5.74, 6) is 2.42. The van der Waals surface area contributed by atoms with Crippen LogP contribution in [0.5, 0.6) is 11.5 Å². The first-order valence-corrected chi connectivity index (χ1v) is 12.2. The molecular formula is C23H31ClN4O4S. The molecule has 8 nitrogen and oxygen atoms in total. The average Bonchev–Trinajstić information content (AvgIpc) is 2.79. The topological polar surface area (TPSA) is 77.0 Å². The minimum atomic E-state index is 0.0380. The Hall–Kier alpha value is -2.23. The van der Waals surface area contributed by atoms with Crippen LogP contribution in [0, 0.1) is 0 Å². The Balaban J connectivity index is 1.59. The zero-order valence-electron chi connectivity index (χ0n) is 19.7. The molecule has 0 bridgehead atoms.